The Hall–Kier alpha value is -1.39. The number of aromatic nitrogens is 2. The molecular formula is C25H40BN3O. The molecule has 5 heteroatoms. The highest BCUT2D eigenvalue weighted by molar-refractivity contribution is 6.17. The summed E-state index contributed by atoms with van der Waals surface area (Å²) in [6.45, 7) is 0. The van der Waals surface area contributed by atoms with Gasteiger partial charge in [0.05, 0.1) is 0 Å². The topological polar surface area (TPSA) is 54.9 Å². The fourth-order valence-corrected chi connectivity index (χ4v) is 5.41. The molecular weight excluding hydrogens is 369 g/mol. The van der Waals surface area contributed by atoms with E-state index >= 15 is 0 Å². The quantitative estimate of drug-likeness (QED) is 0.680. The molecule has 0 saturated heterocycles. The van der Waals surface area contributed by atoms with Crippen LogP contribution in [0.2, 0.25) is 0 Å². The zero-order valence-electron chi connectivity index (χ0n) is 19.1. The summed E-state index contributed by atoms with van der Waals surface area (Å²) in [4.78, 5) is 23.1. The van der Waals surface area contributed by atoms with Gasteiger partial charge in [0.1, 0.15) is 19.4 Å². The van der Waals surface area contributed by atoms with E-state index in [0.29, 0.717) is 17.5 Å². The van der Waals surface area contributed by atoms with Crippen molar-refractivity contribution in [2.75, 3.05) is 0 Å². The van der Waals surface area contributed by atoms with Crippen LogP contribution in [0.5, 0.6) is 0 Å². The number of carbonyl (C=O) groups excluding carboxylic acids is 1. The lowest BCUT2D eigenvalue weighted by Crippen LogP contribution is -2.49. The third-order valence-electron chi connectivity index (χ3n) is 7.58. The molecule has 4 rings (SSSR count). The highest BCUT2D eigenvalue weighted by Gasteiger charge is 2.31. The van der Waals surface area contributed by atoms with Crippen LogP contribution in [0.4, 0.5) is 0 Å². The Labute approximate surface area is 183 Å². The summed E-state index contributed by atoms with van der Waals surface area (Å²) < 4.78 is 0. The average Bonchev–Trinajstić information content (AvgIpc) is 3.44. The van der Waals surface area contributed by atoms with Crippen molar-refractivity contribution in [2.24, 2.45) is 0 Å². The van der Waals surface area contributed by atoms with Crippen LogP contribution in [0.25, 0.3) is 0 Å². The van der Waals surface area contributed by atoms with E-state index in [1.54, 1.807) is 0 Å². The number of nitrogens with one attached hydrogen (secondary N) is 1. The third-order valence-corrected chi connectivity index (χ3v) is 7.58. The number of carbonyl (C=O) groups is 1. The largest absolute Gasteiger partial charge is 0.353 e. The number of hydrogen-bond acceptors (Lipinski definition) is 3. The molecule has 1 aromatic heterocycles. The Morgan fingerprint density at radius 1 is 0.800 bits per heavy atom. The summed E-state index contributed by atoms with van der Waals surface area (Å²) in [7, 11) is 2.26. The molecule has 4 nitrogen and oxygen atoms in total. The van der Waals surface area contributed by atoms with Gasteiger partial charge in [0.25, 0.3) is 5.91 Å². The Morgan fingerprint density at radius 2 is 1.37 bits per heavy atom. The van der Waals surface area contributed by atoms with Gasteiger partial charge >= 0.3 is 0 Å². The van der Waals surface area contributed by atoms with Crippen LogP contribution in [-0.4, -0.2) is 29.2 Å². The van der Waals surface area contributed by atoms with Crippen LogP contribution in [0, 0.1) is 0 Å². The van der Waals surface area contributed by atoms with Crippen LogP contribution < -0.4 is 5.32 Å². The SMILES string of the molecule is BC1(NC(=O)c2cc(C3CC3)nc(C3CCCC3)n2)CCCCCCCCCCC1. The van der Waals surface area contributed by atoms with E-state index in [9.17, 15) is 4.79 Å². The van der Waals surface area contributed by atoms with Gasteiger partial charge in [0.2, 0.25) is 0 Å². The van der Waals surface area contributed by atoms with Gasteiger partial charge in [-0.15, -0.1) is 0 Å². The van der Waals surface area contributed by atoms with E-state index in [1.807, 2.05) is 6.07 Å². The molecule has 3 aliphatic rings. The smallest absolute Gasteiger partial charge is 0.269 e. The molecule has 1 aromatic rings. The van der Waals surface area contributed by atoms with Crippen molar-refractivity contribution in [1.82, 2.24) is 15.3 Å². The maximum absolute atomic E-state index is 13.4. The minimum Gasteiger partial charge on any atom is -0.353 e. The monoisotopic (exact) mass is 409 g/mol. The molecule has 3 aliphatic carbocycles. The molecule has 3 fully saturated rings. The summed E-state index contributed by atoms with van der Waals surface area (Å²) in [6, 6.07) is 1.99. The first kappa shape index (κ1) is 21.8. The van der Waals surface area contributed by atoms with Gasteiger partial charge in [-0.1, -0.05) is 70.6 Å². The van der Waals surface area contributed by atoms with Crippen LogP contribution >= 0.6 is 0 Å². The molecule has 0 spiro atoms. The van der Waals surface area contributed by atoms with Crippen molar-refractivity contribution in [1.29, 1.82) is 0 Å². The van der Waals surface area contributed by atoms with Crippen LogP contribution in [0.3, 0.4) is 0 Å². The van der Waals surface area contributed by atoms with E-state index in [0.717, 1.165) is 24.4 Å². The number of nitrogens with zero attached hydrogens (tertiary/aromatic N) is 2. The van der Waals surface area contributed by atoms with Crippen molar-refractivity contribution in [2.45, 2.75) is 126 Å². The number of rotatable bonds is 4. The second-order valence-corrected chi connectivity index (χ2v) is 10.5. The first-order valence-corrected chi connectivity index (χ1v) is 12.8. The van der Waals surface area contributed by atoms with Gasteiger partial charge in [-0.2, -0.15) is 0 Å². The fraction of sp³-hybridized carbons (Fsp3) is 0.800. The van der Waals surface area contributed by atoms with Crippen molar-refractivity contribution < 1.29 is 4.79 Å². The van der Waals surface area contributed by atoms with Gasteiger partial charge in [0, 0.05) is 23.0 Å². The molecule has 0 radical (unpaired) electrons. The number of hydrogen-bond donors (Lipinski definition) is 1. The van der Waals surface area contributed by atoms with E-state index in [2.05, 4.69) is 13.2 Å². The molecule has 0 aromatic carbocycles. The summed E-state index contributed by atoms with van der Waals surface area (Å²) in [6.07, 6.45) is 21.3. The van der Waals surface area contributed by atoms with Gasteiger partial charge in [0.15, 0.2) is 0 Å². The molecule has 30 heavy (non-hydrogen) atoms. The summed E-state index contributed by atoms with van der Waals surface area (Å²) in [5.74, 6) is 1.96. The van der Waals surface area contributed by atoms with Gasteiger partial charge in [-0.25, -0.2) is 9.97 Å². The second kappa shape index (κ2) is 10.3. The molecule has 0 atom stereocenters. The summed E-state index contributed by atoms with van der Waals surface area (Å²) >= 11 is 0. The highest BCUT2D eigenvalue weighted by atomic mass is 16.2. The Balaban J connectivity index is 1.47. The molecule has 164 valence electrons. The summed E-state index contributed by atoms with van der Waals surface area (Å²) in [5, 5.41) is 3.44. The molecule has 1 amide bonds. The van der Waals surface area contributed by atoms with Gasteiger partial charge < -0.3 is 5.32 Å². The number of amides is 1. The predicted molar refractivity (Wildman–Crippen MR) is 125 cm³/mol. The van der Waals surface area contributed by atoms with Gasteiger partial charge in [-0.05, 0) is 44.6 Å². The fourth-order valence-electron chi connectivity index (χ4n) is 5.41. The average molecular weight is 409 g/mol. The molecule has 1 N–H and O–H groups in total. The molecule has 3 saturated carbocycles. The van der Waals surface area contributed by atoms with Gasteiger partial charge in [-0.3, -0.25) is 4.79 Å². The first-order chi connectivity index (χ1) is 14.6. The zero-order valence-corrected chi connectivity index (χ0v) is 19.1. The lowest BCUT2D eigenvalue weighted by Gasteiger charge is -2.32. The van der Waals surface area contributed by atoms with Crippen LogP contribution in [0.15, 0.2) is 6.07 Å². The van der Waals surface area contributed by atoms with Crippen molar-refractivity contribution in [3.8, 4) is 0 Å². The van der Waals surface area contributed by atoms with Crippen molar-refractivity contribution in [3.05, 3.63) is 23.3 Å². The molecule has 1 heterocycles. The van der Waals surface area contributed by atoms with E-state index in [-0.39, 0.29) is 11.3 Å². The van der Waals surface area contributed by atoms with E-state index in [1.165, 1.54) is 96.3 Å². The predicted octanol–water partition coefficient (Wildman–Crippen LogP) is 5.38. The molecule has 0 unspecified atom stereocenters. The maximum atomic E-state index is 13.4. The third kappa shape index (κ3) is 6.07. The lowest BCUT2D eigenvalue weighted by molar-refractivity contribution is 0.0913. The second-order valence-electron chi connectivity index (χ2n) is 10.5. The van der Waals surface area contributed by atoms with Crippen LogP contribution in [-0.2, 0) is 0 Å². The van der Waals surface area contributed by atoms with Crippen LogP contribution in [0.1, 0.15) is 143 Å². The molecule has 0 aliphatic heterocycles. The highest BCUT2D eigenvalue weighted by Crippen LogP contribution is 2.40. The standard InChI is InChI=1S/C25H40BN3O/c26-25(16-10-6-4-2-1-3-5-7-11-17-25)29-24(30)22-18-21(19-14-15-19)27-23(28-22)20-12-8-9-13-20/h18-20H,1-17,26H2,(H,29,30). The van der Waals surface area contributed by atoms with E-state index < -0.39 is 0 Å². The maximum Gasteiger partial charge on any atom is 0.269 e. The minimum atomic E-state index is -0.117. The Morgan fingerprint density at radius 3 is 1.93 bits per heavy atom. The molecule has 0 bridgehead atoms. The minimum absolute atomic E-state index is 0.0214. The van der Waals surface area contributed by atoms with Crippen molar-refractivity contribution in [3.63, 3.8) is 0 Å². The Bertz CT molecular complexity index is 700. The lowest BCUT2D eigenvalue weighted by atomic mass is 9.70. The van der Waals surface area contributed by atoms with E-state index in [4.69, 9.17) is 9.97 Å². The summed E-state index contributed by atoms with van der Waals surface area (Å²) in [5.41, 5.74) is 1.61. The normalized spacial score (nSPS) is 24.0. The Kier molecular flexibility index (Phi) is 7.48. The first-order valence-electron chi connectivity index (χ1n) is 12.8. The van der Waals surface area contributed by atoms with Crippen molar-refractivity contribution >= 4 is 13.8 Å². The zero-order chi connectivity index (χ0) is 20.8.